The van der Waals surface area contributed by atoms with Crippen LogP contribution in [0.5, 0.6) is 0 Å². The standard InChI is InChI=1S/C17H18O.C2H6.CH4O/c1-12(2)10-13(3)17-14(4)11-16(18-17)15-8-6-5-7-9-15;2*1-2/h5-11H,1H2,2-4H3;1-2H3;2H,1H3/b13-10-;;. The van der Waals surface area contributed by atoms with Crippen LogP contribution >= 0.6 is 0 Å². The molecule has 0 aliphatic rings. The van der Waals surface area contributed by atoms with E-state index in [4.69, 9.17) is 9.52 Å². The highest BCUT2D eigenvalue weighted by Gasteiger charge is 2.10. The quantitative estimate of drug-likeness (QED) is 0.719. The first-order chi connectivity index (χ1) is 10.6. The molecule has 120 valence electrons. The molecule has 0 radical (unpaired) electrons. The van der Waals surface area contributed by atoms with E-state index in [0.29, 0.717) is 0 Å². The van der Waals surface area contributed by atoms with Crippen molar-refractivity contribution < 1.29 is 9.52 Å². The van der Waals surface area contributed by atoms with Crippen molar-refractivity contribution in [3.63, 3.8) is 0 Å². The van der Waals surface area contributed by atoms with Gasteiger partial charge in [-0.2, -0.15) is 0 Å². The van der Waals surface area contributed by atoms with Crippen LogP contribution in [-0.4, -0.2) is 12.2 Å². The van der Waals surface area contributed by atoms with Crippen molar-refractivity contribution in [2.24, 2.45) is 0 Å². The van der Waals surface area contributed by atoms with Crippen LogP contribution in [0.25, 0.3) is 16.9 Å². The van der Waals surface area contributed by atoms with E-state index in [0.717, 1.165) is 40.9 Å². The highest BCUT2D eigenvalue weighted by Crippen LogP contribution is 2.29. The topological polar surface area (TPSA) is 33.4 Å². The summed E-state index contributed by atoms with van der Waals surface area (Å²) >= 11 is 0. The lowest BCUT2D eigenvalue weighted by molar-refractivity contribution is 0.399. The molecule has 2 heteroatoms. The molecule has 0 aliphatic heterocycles. The van der Waals surface area contributed by atoms with Crippen molar-refractivity contribution in [2.75, 3.05) is 7.11 Å². The van der Waals surface area contributed by atoms with Gasteiger partial charge in [-0.3, -0.25) is 0 Å². The minimum Gasteiger partial charge on any atom is -0.456 e. The zero-order chi connectivity index (χ0) is 17.1. The fraction of sp³-hybridized carbons (Fsp3) is 0.300. The molecule has 0 saturated carbocycles. The number of allylic oxidation sites excluding steroid dienone is 3. The Balaban J connectivity index is 0.00000102. The number of hydrogen-bond acceptors (Lipinski definition) is 2. The molecule has 2 aromatic rings. The maximum absolute atomic E-state index is 7.00. The average Bonchev–Trinajstić information content (AvgIpc) is 2.93. The van der Waals surface area contributed by atoms with Crippen LogP contribution in [0, 0.1) is 6.92 Å². The van der Waals surface area contributed by atoms with Gasteiger partial charge >= 0.3 is 0 Å². The molecule has 1 aromatic carbocycles. The molecule has 0 aliphatic carbocycles. The van der Waals surface area contributed by atoms with Gasteiger partial charge in [0.25, 0.3) is 0 Å². The number of hydrogen-bond donors (Lipinski definition) is 1. The molecule has 22 heavy (non-hydrogen) atoms. The summed E-state index contributed by atoms with van der Waals surface area (Å²) in [4.78, 5) is 0. The zero-order valence-electron chi connectivity index (χ0n) is 14.6. The summed E-state index contributed by atoms with van der Waals surface area (Å²) in [5, 5.41) is 7.00. The molecular formula is C20H28O2. The van der Waals surface area contributed by atoms with E-state index in [2.05, 4.69) is 38.6 Å². The van der Waals surface area contributed by atoms with E-state index < -0.39 is 0 Å². The number of aliphatic hydroxyl groups excluding tert-OH is 1. The first-order valence-corrected chi connectivity index (χ1v) is 7.52. The Bertz CT molecular complexity index is 589. The molecule has 1 N–H and O–H groups in total. The molecule has 0 unspecified atom stereocenters. The predicted octanol–water partition coefficient (Wildman–Crippen LogP) is 5.87. The van der Waals surface area contributed by atoms with Gasteiger partial charge in [0.1, 0.15) is 11.5 Å². The van der Waals surface area contributed by atoms with Crippen LogP contribution in [0.1, 0.15) is 39.0 Å². The van der Waals surface area contributed by atoms with Gasteiger partial charge in [-0.05, 0) is 38.0 Å². The molecule has 0 fully saturated rings. The normalized spacial score (nSPS) is 10.0. The summed E-state index contributed by atoms with van der Waals surface area (Å²) in [6.07, 6.45) is 2.04. The minimum absolute atomic E-state index is 0.914. The Hall–Kier alpha value is -2.06. The third kappa shape index (κ3) is 5.74. The second-order valence-corrected chi connectivity index (χ2v) is 4.66. The molecule has 0 saturated heterocycles. The highest BCUT2D eigenvalue weighted by molar-refractivity contribution is 5.69. The fourth-order valence-electron chi connectivity index (χ4n) is 2.05. The lowest BCUT2D eigenvalue weighted by Gasteiger charge is -1.99. The number of furan rings is 1. The largest absolute Gasteiger partial charge is 0.456 e. The molecule has 0 bridgehead atoms. The van der Waals surface area contributed by atoms with E-state index >= 15 is 0 Å². The van der Waals surface area contributed by atoms with E-state index in [9.17, 15) is 0 Å². The molecular weight excluding hydrogens is 272 g/mol. The third-order valence-electron chi connectivity index (χ3n) is 2.80. The number of aryl methyl sites for hydroxylation is 1. The first kappa shape index (κ1) is 19.9. The summed E-state index contributed by atoms with van der Waals surface area (Å²) in [5.74, 6) is 1.86. The van der Waals surface area contributed by atoms with Gasteiger partial charge in [0.2, 0.25) is 0 Å². The third-order valence-corrected chi connectivity index (χ3v) is 2.80. The summed E-state index contributed by atoms with van der Waals surface area (Å²) in [5.41, 5.74) is 4.41. The summed E-state index contributed by atoms with van der Waals surface area (Å²) in [6.45, 7) is 14.0. The second kappa shape index (κ2) is 10.6. The molecule has 1 aromatic heterocycles. The van der Waals surface area contributed by atoms with Gasteiger partial charge in [0.05, 0.1) is 0 Å². The van der Waals surface area contributed by atoms with Gasteiger partial charge < -0.3 is 9.52 Å². The van der Waals surface area contributed by atoms with Crippen LogP contribution in [0.15, 0.2) is 59.0 Å². The Morgan fingerprint density at radius 2 is 1.64 bits per heavy atom. The number of rotatable bonds is 3. The van der Waals surface area contributed by atoms with Crippen LogP contribution in [0.4, 0.5) is 0 Å². The molecule has 0 amide bonds. The van der Waals surface area contributed by atoms with Crippen molar-refractivity contribution in [1.82, 2.24) is 0 Å². The SMILES string of the molecule is C=C(C)/C=C(/C)c1oc(-c2ccccc2)cc1C.CC.CO. The van der Waals surface area contributed by atoms with Gasteiger partial charge in [0, 0.05) is 12.7 Å². The monoisotopic (exact) mass is 300 g/mol. The van der Waals surface area contributed by atoms with Crippen molar-refractivity contribution in [3.05, 3.63) is 65.9 Å². The van der Waals surface area contributed by atoms with Gasteiger partial charge in [-0.1, -0.05) is 62.4 Å². The maximum Gasteiger partial charge on any atom is 0.135 e. The van der Waals surface area contributed by atoms with E-state index in [-0.39, 0.29) is 0 Å². The van der Waals surface area contributed by atoms with Crippen LogP contribution < -0.4 is 0 Å². The average molecular weight is 300 g/mol. The fourth-order valence-corrected chi connectivity index (χ4v) is 2.05. The number of aliphatic hydroxyl groups is 1. The molecule has 2 rings (SSSR count). The van der Waals surface area contributed by atoms with E-state index in [1.807, 2.05) is 45.0 Å². The van der Waals surface area contributed by atoms with E-state index in [1.165, 1.54) is 0 Å². The predicted molar refractivity (Wildman–Crippen MR) is 96.8 cm³/mol. The van der Waals surface area contributed by atoms with Crippen LogP contribution in [0.3, 0.4) is 0 Å². The lowest BCUT2D eigenvalue weighted by Crippen LogP contribution is -1.79. The zero-order valence-corrected chi connectivity index (χ0v) is 14.6. The van der Waals surface area contributed by atoms with Gasteiger partial charge in [0.15, 0.2) is 0 Å². The number of benzene rings is 1. The first-order valence-electron chi connectivity index (χ1n) is 7.52. The lowest BCUT2D eigenvalue weighted by atomic mass is 10.1. The Morgan fingerprint density at radius 1 is 1.09 bits per heavy atom. The van der Waals surface area contributed by atoms with Crippen molar-refractivity contribution >= 4 is 5.57 Å². The van der Waals surface area contributed by atoms with Crippen molar-refractivity contribution in [1.29, 1.82) is 0 Å². The minimum atomic E-state index is 0.914. The van der Waals surface area contributed by atoms with Crippen molar-refractivity contribution in [2.45, 2.75) is 34.6 Å². The Kier molecular flexibility index (Phi) is 9.64. The summed E-state index contributed by atoms with van der Waals surface area (Å²) in [6, 6.07) is 12.2. The Labute approximate surface area is 134 Å². The molecule has 2 nitrogen and oxygen atoms in total. The van der Waals surface area contributed by atoms with Crippen molar-refractivity contribution in [3.8, 4) is 11.3 Å². The van der Waals surface area contributed by atoms with E-state index in [1.54, 1.807) is 0 Å². The molecule has 0 spiro atoms. The summed E-state index contributed by atoms with van der Waals surface area (Å²) in [7, 11) is 1.00. The highest BCUT2D eigenvalue weighted by atomic mass is 16.3. The van der Waals surface area contributed by atoms with Crippen LogP contribution in [-0.2, 0) is 0 Å². The Morgan fingerprint density at radius 3 is 2.14 bits per heavy atom. The van der Waals surface area contributed by atoms with Gasteiger partial charge in [-0.25, -0.2) is 0 Å². The second-order valence-electron chi connectivity index (χ2n) is 4.66. The maximum atomic E-state index is 7.00. The van der Waals surface area contributed by atoms with Gasteiger partial charge in [-0.15, -0.1) is 0 Å². The molecule has 0 atom stereocenters. The molecule has 1 heterocycles. The summed E-state index contributed by atoms with van der Waals surface area (Å²) < 4.78 is 5.95. The van der Waals surface area contributed by atoms with Crippen LogP contribution in [0.2, 0.25) is 0 Å². The smallest absolute Gasteiger partial charge is 0.135 e.